The van der Waals surface area contributed by atoms with Crippen LogP contribution in [0.4, 0.5) is 0 Å². The van der Waals surface area contributed by atoms with Gasteiger partial charge in [-0.05, 0) is 25.7 Å². The van der Waals surface area contributed by atoms with Crippen molar-refractivity contribution in [2.75, 3.05) is 13.1 Å². The van der Waals surface area contributed by atoms with Crippen molar-refractivity contribution in [3.8, 4) is 0 Å². The third kappa shape index (κ3) is 2.09. The standard InChI is InChI=1S/C14H20N2O2S/c1-9-7-16(8-14(9,18)11-4-3-5-11)13(17)12-6-15-10(2)19-12/h6,9,11,18H,3-5,7-8H2,1-2H3. The van der Waals surface area contributed by atoms with E-state index in [0.29, 0.717) is 23.9 Å². The molecule has 1 aliphatic carbocycles. The maximum Gasteiger partial charge on any atom is 0.265 e. The lowest BCUT2D eigenvalue weighted by atomic mass is 9.69. The van der Waals surface area contributed by atoms with Crippen LogP contribution in [0.5, 0.6) is 0 Å². The van der Waals surface area contributed by atoms with E-state index >= 15 is 0 Å². The fraction of sp³-hybridized carbons (Fsp3) is 0.714. The summed E-state index contributed by atoms with van der Waals surface area (Å²) in [5, 5.41) is 11.8. The first-order valence-corrected chi connectivity index (χ1v) is 7.76. The van der Waals surface area contributed by atoms with E-state index in [0.717, 1.165) is 17.8 Å². The topological polar surface area (TPSA) is 53.4 Å². The number of likely N-dealkylation sites (tertiary alicyclic amines) is 1. The summed E-state index contributed by atoms with van der Waals surface area (Å²) in [5.41, 5.74) is -0.673. The van der Waals surface area contributed by atoms with Gasteiger partial charge in [-0.25, -0.2) is 4.98 Å². The molecule has 3 rings (SSSR count). The summed E-state index contributed by atoms with van der Waals surface area (Å²) in [6.45, 7) is 5.10. The van der Waals surface area contributed by atoms with Crippen molar-refractivity contribution in [3.63, 3.8) is 0 Å². The Balaban J connectivity index is 1.75. The van der Waals surface area contributed by atoms with Gasteiger partial charge in [0, 0.05) is 12.5 Å². The van der Waals surface area contributed by atoms with Crippen LogP contribution in [-0.2, 0) is 0 Å². The Kier molecular flexibility index (Phi) is 3.14. The van der Waals surface area contributed by atoms with Crippen LogP contribution in [0.2, 0.25) is 0 Å². The molecule has 1 aromatic rings. The van der Waals surface area contributed by atoms with Gasteiger partial charge in [0.1, 0.15) is 4.88 Å². The molecule has 1 aromatic heterocycles. The van der Waals surface area contributed by atoms with Crippen molar-refractivity contribution in [1.29, 1.82) is 0 Å². The molecular formula is C14H20N2O2S. The van der Waals surface area contributed by atoms with Crippen LogP contribution in [0.1, 0.15) is 40.9 Å². The summed E-state index contributed by atoms with van der Waals surface area (Å²) >= 11 is 1.43. The van der Waals surface area contributed by atoms with Gasteiger partial charge in [-0.15, -0.1) is 11.3 Å². The van der Waals surface area contributed by atoms with Gasteiger partial charge in [-0.1, -0.05) is 13.3 Å². The number of aryl methyl sites for hydroxylation is 1. The number of aliphatic hydroxyl groups is 1. The van der Waals surface area contributed by atoms with E-state index in [1.165, 1.54) is 17.8 Å². The lowest BCUT2D eigenvalue weighted by molar-refractivity contribution is -0.0660. The second-order valence-corrected chi connectivity index (χ2v) is 7.18. The quantitative estimate of drug-likeness (QED) is 0.902. The predicted molar refractivity (Wildman–Crippen MR) is 74.2 cm³/mol. The van der Waals surface area contributed by atoms with Crippen LogP contribution in [0, 0.1) is 18.8 Å². The van der Waals surface area contributed by atoms with Gasteiger partial charge in [0.15, 0.2) is 0 Å². The number of rotatable bonds is 2. The van der Waals surface area contributed by atoms with E-state index in [1.54, 1.807) is 11.1 Å². The number of thiazole rings is 1. The lowest BCUT2D eigenvalue weighted by Gasteiger charge is -2.41. The Morgan fingerprint density at radius 1 is 1.58 bits per heavy atom. The summed E-state index contributed by atoms with van der Waals surface area (Å²) < 4.78 is 0. The highest BCUT2D eigenvalue weighted by Gasteiger charge is 2.51. The highest BCUT2D eigenvalue weighted by molar-refractivity contribution is 7.13. The Labute approximate surface area is 117 Å². The van der Waals surface area contributed by atoms with Crippen LogP contribution in [0.15, 0.2) is 6.20 Å². The molecular weight excluding hydrogens is 260 g/mol. The normalized spacial score (nSPS) is 31.5. The van der Waals surface area contributed by atoms with E-state index in [1.807, 2.05) is 6.92 Å². The molecule has 0 radical (unpaired) electrons. The average molecular weight is 280 g/mol. The van der Waals surface area contributed by atoms with Crippen LogP contribution < -0.4 is 0 Å². The molecule has 0 spiro atoms. The molecule has 1 aliphatic heterocycles. The Hall–Kier alpha value is -0.940. The minimum atomic E-state index is -0.673. The fourth-order valence-corrected chi connectivity index (χ4v) is 3.97. The van der Waals surface area contributed by atoms with Gasteiger partial charge >= 0.3 is 0 Å². The molecule has 1 amide bonds. The maximum atomic E-state index is 12.4. The van der Waals surface area contributed by atoms with Gasteiger partial charge in [0.05, 0.1) is 23.4 Å². The average Bonchev–Trinajstić information content (AvgIpc) is 2.82. The smallest absolute Gasteiger partial charge is 0.265 e. The Morgan fingerprint density at radius 3 is 2.84 bits per heavy atom. The first kappa shape index (κ1) is 13.1. The molecule has 1 saturated carbocycles. The van der Waals surface area contributed by atoms with Crippen LogP contribution in [-0.4, -0.2) is 39.6 Å². The minimum Gasteiger partial charge on any atom is -0.387 e. The SMILES string of the molecule is Cc1ncc(C(=O)N2CC(C)C(O)(C3CCC3)C2)s1. The minimum absolute atomic E-state index is 0.0210. The number of nitrogens with zero attached hydrogens (tertiary/aromatic N) is 2. The summed E-state index contributed by atoms with van der Waals surface area (Å²) in [6, 6.07) is 0. The van der Waals surface area contributed by atoms with E-state index < -0.39 is 5.60 Å². The Bertz CT molecular complexity index is 497. The van der Waals surface area contributed by atoms with Gasteiger partial charge in [-0.3, -0.25) is 4.79 Å². The molecule has 2 heterocycles. The first-order valence-electron chi connectivity index (χ1n) is 6.95. The monoisotopic (exact) mass is 280 g/mol. The summed E-state index contributed by atoms with van der Waals surface area (Å²) in [6.07, 6.45) is 5.06. The highest BCUT2D eigenvalue weighted by Crippen LogP contribution is 2.44. The zero-order valence-electron chi connectivity index (χ0n) is 11.4. The number of aromatic nitrogens is 1. The first-order chi connectivity index (χ1) is 9.00. The molecule has 19 heavy (non-hydrogen) atoms. The van der Waals surface area contributed by atoms with Crippen LogP contribution >= 0.6 is 11.3 Å². The largest absolute Gasteiger partial charge is 0.387 e. The van der Waals surface area contributed by atoms with E-state index in [4.69, 9.17) is 0 Å². The van der Waals surface area contributed by atoms with Gasteiger partial charge in [-0.2, -0.15) is 0 Å². The van der Waals surface area contributed by atoms with Crippen LogP contribution in [0.3, 0.4) is 0 Å². The van der Waals surface area contributed by atoms with E-state index in [-0.39, 0.29) is 11.8 Å². The second-order valence-electron chi connectivity index (χ2n) is 5.95. The summed E-state index contributed by atoms with van der Waals surface area (Å²) in [5.74, 6) is 0.562. The molecule has 0 bridgehead atoms. The molecule has 2 atom stereocenters. The van der Waals surface area contributed by atoms with E-state index in [9.17, 15) is 9.90 Å². The van der Waals surface area contributed by atoms with Crippen molar-refractivity contribution >= 4 is 17.2 Å². The molecule has 0 aromatic carbocycles. The van der Waals surface area contributed by atoms with Crippen molar-refractivity contribution in [3.05, 3.63) is 16.1 Å². The number of hydrogen-bond donors (Lipinski definition) is 1. The number of hydrogen-bond acceptors (Lipinski definition) is 4. The number of β-amino-alcohol motifs (C(OH)–C–C–N with tert-alkyl or cyclic N) is 1. The molecule has 1 saturated heterocycles. The number of amides is 1. The van der Waals surface area contributed by atoms with Crippen LogP contribution in [0.25, 0.3) is 0 Å². The predicted octanol–water partition coefficient (Wildman–Crippen LogP) is 2.07. The molecule has 1 N–H and O–H groups in total. The van der Waals surface area contributed by atoms with Crippen molar-refractivity contribution in [2.24, 2.45) is 11.8 Å². The lowest BCUT2D eigenvalue weighted by Crippen LogP contribution is -2.48. The molecule has 2 unspecified atom stereocenters. The van der Waals surface area contributed by atoms with Gasteiger partial charge in [0.25, 0.3) is 5.91 Å². The highest BCUT2D eigenvalue weighted by atomic mass is 32.1. The number of carbonyl (C=O) groups is 1. The molecule has 4 nitrogen and oxygen atoms in total. The van der Waals surface area contributed by atoms with Gasteiger partial charge < -0.3 is 10.0 Å². The van der Waals surface area contributed by atoms with Crippen molar-refractivity contribution < 1.29 is 9.90 Å². The fourth-order valence-electron chi connectivity index (χ4n) is 3.23. The van der Waals surface area contributed by atoms with Gasteiger partial charge in [0.2, 0.25) is 0 Å². The number of carbonyl (C=O) groups excluding carboxylic acids is 1. The second kappa shape index (κ2) is 4.56. The zero-order chi connectivity index (χ0) is 13.6. The third-order valence-electron chi connectivity index (χ3n) is 4.72. The molecule has 104 valence electrons. The summed E-state index contributed by atoms with van der Waals surface area (Å²) in [4.78, 5) is 19.0. The van der Waals surface area contributed by atoms with Crippen molar-refractivity contribution in [2.45, 2.75) is 38.7 Å². The van der Waals surface area contributed by atoms with Crippen molar-refractivity contribution in [1.82, 2.24) is 9.88 Å². The Morgan fingerprint density at radius 2 is 2.32 bits per heavy atom. The molecule has 2 fully saturated rings. The van der Waals surface area contributed by atoms with E-state index in [2.05, 4.69) is 11.9 Å². The molecule has 2 aliphatic rings. The molecule has 5 heteroatoms. The maximum absolute atomic E-state index is 12.4. The third-order valence-corrected chi connectivity index (χ3v) is 5.62. The zero-order valence-corrected chi connectivity index (χ0v) is 12.2. The summed E-state index contributed by atoms with van der Waals surface area (Å²) in [7, 11) is 0.